The number of thiocarbonyl (C=S) groups is 1. The first-order valence-corrected chi connectivity index (χ1v) is 8.83. The van der Waals surface area contributed by atoms with E-state index in [-0.39, 0.29) is 11.6 Å². The fraction of sp³-hybridized carbons (Fsp3) is 0. The van der Waals surface area contributed by atoms with Crippen LogP contribution in [0.2, 0.25) is 10.0 Å². The van der Waals surface area contributed by atoms with Crippen molar-refractivity contribution in [2.24, 2.45) is 0 Å². The molecule has 0 radical (unpaired) electrons. The van der Waals surface area contributed by atoms with Crippen LogP contribution in [0.3, 0.4) is 0 Å². The molecule has 5 nitrogen and oxygen atoms in total. The number of non-ortho nitro benzene ring substituents is 1. The molecule has 1 saturated heterocycles. The quantitative estimate of drug-likeness (QED) is 0.297. The summed E-state index contributed by atoms with van der Waals surface area (Å²) in [5.74, 6) is -0.320. The number of benzene rings is 2. The van der Waals surface area contributed by atoms with Gasteiger partial charge in [-0.1, -0.05) is 59.3 Å². The monoisotopic (exact) mass is 410 g/mol. The molecule has 0 aliphatic carbocycles. The molecule has 0 N–H and O–H groups in total. The van der Waals surface area contributed by atoms with Crippen molar-refractivity contribution in [3.8, 4) is 0 Å². The highest BCUT2D eigenvalue weighted by Crippen LogP contribution is 2.38. The maximum absolute atomic E-state index is 12.7. The molecule has 3 rings (SSSR count). The summed E-state index contributed by atoms with van der Waals surface area (Å²) in [6.45, 7) is 0. The minimum absolute atomic E-state index is 0.0598. The third kappa shape index (κ3) is 3.55. The number of rotatable bonds is 3. The van der Waals surface area contributed by atoms with Gasteiger partial charge in [0.15, 0.2) is 4.32 Å². The molecule has 0 unspecified atom stereocenters. The van der Waals surface area contributed by atoms with Gasteiger partial charge < -0.3 is 0 Å². The number of nitrogens with zero attached hydrogens (tertiary/aromatic N) is 2. The first-order chi connectivity index (χ1) is 11.9. The Hall–Kier alpha value is -1.93. The number of anilines is 1. The molecule has 1 fully saturated rings. The van der Waals surface area contributed by atoms with Crippen LogP contribution in [0.25, 0.3) is 6.08 Å². The van der Waals surface area contributed by atoms with E-state index in [2.05, 4.69) is 0 Å². The third-order valence-corrected chi connectivity index (χ3v) is 5.52. The van der Waals surface area contributed by atoms with Gasteiger partial charge in [0.25, 0.3) is 11.6 Å². The molecule has 2 aromatic rings. The predicted molar refractivity (Wildman–Crippen MR) is 105 cm³/mol. The second kappa shape index (κ2) is 7.13. The standard InChI is InChI=1S/C16H8Cl2N2O3S2/c17-12-3-1-2-9(14(12)18)8-13-15(21)19(16(24)25-13)10-4-6-11(7-5-10)20(22)23/h1-8H/b13-8+. The van der Waals surface area contributed by atoms with Gasteiger partial charge in [0.1, 0.15) is 0 Å². The highest BCUT2D eigenvalue weighted by Gasteiger charge is 2.33. The minimum atomic E-state index is -0.505. The normalized spacial score (nSPS) is 15.9. The second-order valence-electron chi connectivity index (χ2n) is 4.93. The number of carbonyl (C=O) groups is 1. The zero-order chi connectivity index (χ0) is 18.1. The molecule has 2 aromatic carbocycles. The number of amides is 1. The molecule has 1 aliphatic heterocycles. The lowest BCUT2D eigenvalue weighted by atomic mass is 10.2. The summed E-state index contributed by atoms with van der Waals surface area (Å²) in [7, 11) is 0. The van der Waals surface area contributed by atoms with Crippen molar-refractivity contribution in [2.75, 3.05) is 4.90 Å². The molecule has 0 atom stereocenters. The summed E-state index contributed by atoms with van der Waals surface area (Å²) in [4.78, 5) is 24.6. The van der Waals surface area contributed by atoms with Gasteiger partial charge in [-0.2, -0.15) is 0 Å². The molecule has 0 spiro atoms. The molecule has 9 heteroatoms. The molecule has 1 heterocycles. The van der Waals surface area contributed by atoms with Crippen molar-refractivity contribution >= 4 is 74.9 Å². The molecule has 126 valence electrons. The minimum Gasteiger partial charge on any atom is -0.268 e. The van der Waals surface area contributed by atoms with E-state index in [1.807, 2.05) is 0 Å². The van der Waals surface area contributed by atoms with Crippen LogP contribution in [0.4, 0.5) is 11.4 Å². The average Bonchev–Trinajstić information content (AvgIpc) is 2.86. The summed E-state index contributed by atoms with van der Waals surface area (Å²) in [5, 5.41) is 11.5. The van der Waals surface area contributed by atoms with Crippen LogP contribution in [0.5, 0.6) is 0 Å². The summed E-state index contributed by atoms with van der Waals surface area (Å²) in [6, 6.07) is 10.8. The predicted octanol–water partition coefficient (Wildman–Crippen LogP) is 5.31. The summed E-state index contributed by atoms with van der Waals surface area (Å²) in [5.41, 5.74) is 1.02. The fourth-order valence-electron chi connectivity index (χ4n) is 2.19. The number of carbonyl (C=O) groups excluding carboxylic acids is 1. The Bertz CT molecular complexity index is 929. The maximum Gasteiger partial charge on any atom is 0.270 e. The Balaban J connectivity index is 1.93. The maximum atomic E-state index is 12.7. The lowest BCUT2D eigenvalue weighted by Gasteiger charge is -2.13. The van der Waals surface area contributed by atoms with E-state index in [1.165, 1.54) is 29.2 Å². The molecule has 0 aromatic heterocycles. The molecule has 0 saturated carbocycles. The van der Waals surface area contributed by atoms with Crippen molar-refractivity contribution in [1.29, 1.82) is 0 Å². The molecule has 1 amide bonds. The van der Waals surface area contributed by atoms with Gasteiger partial charge in [0, 0.05) is 12.1 Å². The summed E-state index contributed by atoms with van der Waals surface area (Å²) < 4.78 is 0.336. The van der Waals surface area contributed by atoms with Crippen molar-refractivity contribution in [3.05, 3.63) is 73.1 Å². The highest BCUT2D eigenvalue weighted by atomic mass is 35.5. The van der Waals surface area contributed by atoms with Crippen LogP contribution in [0.1, 0.15) is 5.56 Å². The van der Waals surface area contributed by atoms with Crippen LogP contribution in [0.15, 0.2) is 47.4 Å². The van der Waals surface area contributed by atoms with Gasteiger partial charge >= 0.3 is 0 Å². The van der Waals surface area contributed by atoms with E-state index in [0.29, 0.717) is 30.5 Å². The van der Waals surface area contributed by atoms with Crippen LogP contribution in [-0.4, -0.2) is 15.2 Å². The van der Waals surface area contributed by atoms with Crippen LogP contribution < -0.4 is 4.90 Å². The Morgan fingerprint density at radius 1 is 1.16 bits per heavy atom. The molecular weight excluding hydrogens is 403 g/mol. The summed E-state index contributed by atoms with van der Waals surface area (Å²) in [6.07, 6.45) is 1.62. The number of thioether (sulfide) groups is 1. The zero-order valence-corrected chi connectivity index (χ0v) is 15.5. The van der Waals surface area contributed by atoms with Gasteiger partial charge in [-0.3, -0.25) is 19.8 Å². The molecule has 0 bridgehead atoms. The van der Waals surface area contributed by atoms with E-state index in [1.54, 1.807) is 24.3 Å². The van der Waals surface area contributed by atoms with Gasteiger partial charge in [0.2, 0.25) is 0 Å². The SMILES string of the molecule is O=C1/C(=C\c2cccc(Cl)c2Cl)SC(=S)N1c1ccc([N+](=O)[O-])cc1. The molecular formula is C16H8Cl2N2O3S2. The number of hydrogen-bond acceptors (Lipinski definition) is 5. The number of nitro groups is 1. The van der Waals surface area contributed by atoms with Crippen LogP contribution >= 0.6 is 47.2 Å². The lowest BCUT2D eigenvalue weighted by molar-refractivity contribution is -0.384. The lowest BCUT2D eigenvalue weighted by Crippen LogP contribution is -2.27. The van der Waals surface area contributed by atoms with E-state index < -0.39 is 4.92 Å². The van der Waals surface area contributed by atoms with Gasteiger partial charge in [-0.25, -0.2) is 0 Å². The van der Waals surface area contributed by atoms with Crippen LogP contribution in [-0.2, 0) is 4.79 Å². The van der Waals surface area contributed by atoms with Gasteiger partial charge in [-0.05, 0) is 29.8 Å². The number of nitro benzene ring substituents is 1. The fourth-order valence-corrected chi connectivity index (χ4v) is 3.84. The summed E-state index contributed by atoms with van der Waals surface area (Å²) >= 11 is 18.5. The largest absolute Gasteiger partial charge is 0.270 e. The second-order valence-corrected chi connectivity index (χ2v) is 7.39. The Kier molecular flexibility index (Phi) is 5.10. The average molecular weight is 411 g/mol. The van der Waals surface area contributed by atoms with E-state index in [4.69, 9.17) is 35.4 Å². The van der Waals surface area contributed by atoms with Crippen molar-refractivity contribution in [1.82, 2.24) is 0 Å². The number of hydrogen-bond donors (Lipinski definition) is 0. The van der Waals surface area contributed by atoms with Gasteiger partial charge in [-0.15, -0.1) is 0 Å². The Labute approximate surface area is 162 Å². The van der Waals surface area contributed by atoms with Crippen molar-refractivity contribution in [2.45, 2.75) is 0 Å². The topological polar surface area (TPSA) is 63.5 Å². The highest BCUT2D eigenvalue weighted by molar-refractivity contribution is 8.27. The van der Waals surface area contributed by atoms with E-state index in [9.17, 15) is 14.9 Å². The van der Waals surface area contributed by atoms with Crippen LogP contribution in [0, 0.1) is 10.1 Å². The zero-order valence-electron chi connectivity index (χ0n) is 12.3. The van der Waals surface area contributed by atoms with E-state index in [0.717, 1.165) is 11.8 Å². The molecule has 1 aliphatic rings. The Morgan fingerprint density at radius 2 is 1.84 bits per heavy atom. The first kappa shape index (κ1) is 17.9. The van der Waals surface area contributed by atoms with Gasteiger partial charge in [0.05, 0.1) is 25.6 Å². The van der Waals surface area contributed by atoms with Crippen molar-refractivity contribution < 1.29 is 9.72 Å². The third-order valence-electron chi connectivity index (χ3n) is 3.38. The van der Waals surface area contributed by atoms with E-state index >= 15 is 0 Å². The molecule has 25 heavy (non-hydrogen) atoms. The first-order valence-electron chi connectivity index (χ1n) is 6.85. The Morgan fingerprint density at radius 3 is 2.48 bits per heavy atom. The van der Waals surface area contributed by atoms with Crippen molar-refractivity contribution in [3.63, 3.8) is 0 Å². The smallest absolute Gasteiger partial charge is 0.268 e. The number of halogens is 2.